The van der Waals surface area contributed by atoms with Gasteiger partial charge in [-0.2, -0.15) is 0 Å². The van der Waals surface area contributed by atoms with Gasteiger partial charge in [0.1, 0.15) is 19.2 Å². The molecule has 0 saturated carbocycles. The highest BCUT2D eigenvalue weighted by Crippen LogP contribution is 2.22. The molecule has 1 N–H and O–H groups in total. The van der Waals surface area contributed by atoms with Crippen LogP contribution in [-0.4, -0.2) is 40.3 Å². The summed E-state index contributed by atoms with van der Waals surface area (Å²) in [5.41, 5.74) is 1.82. The van der Waals surface area contributed by atoms with Gasteiger partial charge in [-0.1, -0.05) is 0 Å². The number of nitrogens with one attached hydrogen (secondary N) is 1. The van der Waals surface area contributed by atoms with Crippen molar-refractivity contribution in [3.8, 4) is 0 Å². The molecule has 0 bridgehead atoms. The van der Waals surface area contributed by atoms with Gasteiger partial charge in [0.05, 0.1) is 29.0 Å². The SMILES string of the molecule is O=[N+]([O-])c1ccc2c(c1)nc1n2CC[NH+](C[C@H]2CCCO2)C1. The predicted octanol–water partition coefficient (Wildman–Crippen LogP) is 0.522. The lowest BCUT2D eigenvalue weighted by Crippen LogP contribution is -3.13. The van der Waals surface area contributed by atoms with Crippen LogP contribution in [-0.2, 0) is 17.8 Å². The molecule has 0 aliphatic carbocycles. The summed E-state index contributed by atoms with van der Waals surface area (Å²) in [7, 11) is 0. The van der Waals surface area contributed by atoms with Gasteiger partial charge in [-0.05, 0) is 18.9 Å². The maximum Gasteiger partial charge on any atom is 0.271 e. The lowest BCUT2D eigenvalue weighted by atomic mass is 10.2. The normalized spacial score (nSPS) is 24.5. The highest BCUT2D eigenvalue weighted by Gasteiger charge is 2.27. The molecule has 116 valence electrons. The first-order valence-electron chi connectivity index (χ1n) is 7.79. The molecule has 1 aromatic carbocycles. The van der Waals surface area contributed by atoms with Crippen LogP contribution in [0.15, 0.2) is 18.2 Å². The van der Waals surface area contributed by atoms with E-state index in [2.05, 4.69) is 9.55 Å². The molecule has 1 aromatic heterocycles. The monoisotopic (exact) mass is 303 g/mol. The Hall–Kier alpha value is -1.99. The van der Waals surface area contributed by atoms with Crippen LogP contribution >= 0.6 is 0 Å². The van der Waals surface area contributed by atoms with Crippen LogP contribution in [0.4, 0.5) is 5.69 Å². The van der Waals surface area contributed by atoms with Gasteiger partial charge in [0.15, 0.2) is 5.82 Å². The first-order chi connectivity index (χ1) is 10.7. The van der Waals surface area contributed by atoms with Crippen molar-refractivity contribution in [2.24, 2.45) is 0 Å². The smallest absolute Gasteiger partial charge is 0.271 e. The van der Waals surface area contributed by atoms with Gasteiger partial charge in [0, 0.05) is 18.7 Å². The zero-order valence-electron chi connectivity index (χ0n) is 12.3. The molecule has 1 fully saturated rings. The number of non-ortho nitro benzene ring substituents is 1. The lowest BCUT2D eigenvalue weighted by Gasteiger charge is -2.26. The first-order valence-corrected chi connectivity index (χ1v) is 7.79. The van der Waals surface area contributed by atoms with Crippen molar-refractivity contribution < 1.29 is 14.6 Å². The lowest BCUT2D eigenvalue weighted by molar-refractivity contribution is -0.921. The molecular weight excluding hydrogens is 284 g/mol. The number of aromatic nitrogens is 2. The minimum atomic E-state index is -0.368. The van der Waals surface area contributed by atoms with Gasteiger partial charge in [-0.15, -0.1) is 0 Å². The number of imidazole rings is 1. The molecule has 22 heavy (non-hydrogen) atoms. The number of fused-ring (bicyclic) bond motifs is 3. The maximum absolute atomic E-state index is 10.9. The van der Waals surface area contributed by atoms with Crippen molar-refractivity contribution in [2.45, 2.75) is 32.0 Å². The Kier molecular flexibility index (Phi) is 3.31. The standard InChI is InChI=1S/C15H18N4O3/c20-19(21)11-3-4-14-13(8-11)16-15-10-17(5-6-18(14)15)9-12-2-1-7-22-12/h3-4,8,12H,1-2,5-7,9-10H2/p+1/t12-/m1/s1. The van der Waals surface area contributed by atoms with Gasteiger partial charge < -0.3 is 14.2 Å². The Bertz CT molecular complexity index is 721. The zero-order chi connectivity index (χ0) is 15.1. The molecule has 1 saturated heterocycles. The molecule has 0 radical (unpaired) electrons. The van der Waals surface area contributed by atoms with Gasteiger partial charge in [-0.25, -0.2) is 4.98 Å². The molecule has 7 nitrogen and oxygen atoms in total. The maximum atomic E-state index is 10.9. The number of nitrogens with zero attached hydrogens (tertiary/aromatic N) is 3. The fourth-order valence-electron chi connectivity index (χ4n) is 3.55. The van der Waals surface area contributed by atoms with Crippen LogP contribution in [0.5, 0.6) is 0 Å². The zero-order valence-corrected chi connectivity index (χ0v) is 12.3. The summed E-state index contributed by atoms with van der Waals surface area (Å²) in [6.07, 6.45) is 2.71. The van der Waals surface area contributed by atoms with Gasteiger partial charge in [-0.3, -0.25) is 10.1 Å². The molecule has 2 aromatic rings. The van der Waals surface area contributed by atoms with Crippen LogP contribution in [0.2, 0.25) is 0 Å². The summed E-state index contributed by atoms with van der Waals surface area (Å²) in [6.45, 7) is 4.74. The van der Waals surface area contributed by atoms with E-state index in [0.717, 1.165) is 56.1 Å². The third-order valence-electron chi connectivity index (χ3n) is 4.66. The fourth-order valence-corrected chi connectivity index (χ4v) is 3.55. The highest BCUT2D eigenvalue weighted by atomic mass is 16.6. The summed E-state index contributed by atoms with van der Waals surface area (Å²) in [5, 5.41) is 10.9. The van der Waals surface area contributed by atoms with Crippen LogP contribution in [0, 0.1) is 10.1 Å². The minimum Gasteiger partial charge on any atom is -0.372 e. The molecule has 2 aliphatic heterocycles. The molecule has 0 spiro atoms. The summed E-state index contributed by atoms with van der Waals surface area (Å²) in [5.74, 6) is 1.02. The van der Waals surface area contributed by atoms with E-state index in [4.69, 9.17) is 4.74 Å². The van der Waals surface area contributed by atoms with E-state index in [9.17, 15) is 10.1 Å². The molecule has 2 aliphatic rings. The number of rotatable bonds is 3. The Morgan fingerprint density at radius 1 is 1.50 bits per heavy atom. The van der Waals surface area contributed by atoms with E-state index in [1.807, 2.05) is 6.07 Å². The quantitative estimate of drug-likeness (QED) is 0.663. The fraction of sp³-hybridized carbons (Fsp3) is 0.533. The van der Waals surface area contributed by atoms with E-state index >= 15 is 0 Å². The molecule has 4 rings (SSSR count). The van der Waals surface area contributed by atoms with Crippen LogP contribution in [0.25, 0.3) is 11.0 Å². The third kappa shape index (κ3) is 2.36. The molecule has 7 heteroatoms. The second kappa shape index (κ2) is 5.33. The molecule has 1 unspecified atom stereocenters. The summed E-state index contributed by atoms with van der Waals surface area (Å²) in [6, 6.07) is 4.94. The third-order valence-corrected chi connectivity index (χ3v) is 4.66. The Morgan fingerprint density at radius 3 is 3.18 bits per heavy atom. The highest BCUT2D eigenvalue weighted by molar-refractivity contribution is 5.78. The average Bonchev–Trinajstić information content (AvgIpc) is 3.13. The number of hydrogen-bond acceptors (Lipinski definition) is 4. The van der Waals surface area contributed by atoms with Crippen LogP contribution in [0.1, 0.15) is 18.7 Å². The average molecular weight is 303 g/mol. The number of benzene rings is 1. The van der Waals surface area contributed by atoms with E-state index in [1.165, 1.54) is 11.3 Å². The number of nitro groups is 1. The Morgan fingerprint density at radius 2 is 2.41 bits per heavy atom. The van der Waals surface area contributed by atoms with Crippen molar-refractivity contribution >= 4 is 16.7 Å². The minimum absolute atomic E-state index is 0.103. The Balaban J connectivity index is 1.58. The van der Waals surface area contributed by atoms with Crippen molar-refractivity contribution in [1.82, 2.24) is 9.55 Å². The van der Waals surface area contributed by atoms with Crippen molar-refractivity contribution in [3.63, 3.8) is 0 Å². The second-order valence-electron chi connectivity index (χ2n) is 6.13. The number of hydrogen-bond donors (Lipinski definition) is 1. The van der Waals surface area contributed by atoms with E-state index in [0.29, 0.717) is 6.10 Å². The summed E-state index contributed by atoms with van der Waals surface area (Å²) < 4.78 is 7.91. The molecule has 2 atom stereocenters. The van der Waals surface area contributed by atoms with Crippen LogP contribution in [0.3, 0.4) is 0 Å². The van der Waals surface area contributed by atoms with Crippen molar-refractivity contribution in [3.05, 3.63) is 34.1 Å². The molecular formula is C15H19N4O3+. The van der Waals surface area contributed by atoms with E-state index in [-0.39, 0.29) is 10.6 Å². The summed E-state index contributed by atoms with van der Waals surface area (Å²) in [4.78, 5) is 16.6. The predicted molar refractivity (Wildman–Crippen MR) is 79.8 cm³/mol. The largest absolute Gasteiger partial charge is 0.372 e. The first kappa shape index (κ1) is 13.7. The Labute approximate surface area is 127 Å². The van der Waals surface area contributed by atoms with Gasteiger partial charge in [0.25, 0.3) is 5.69 Å². The number of ether oxygens (including phenoxy) is 1. The number of nitro benzene ring substituents is 1. The van der Waals surface area contributed by atoms with Crippen LogP contribution < -0.4 is 4.90 Å². The van der Waals surface area contributed by atoms with Crippen molar-refractivity contribution in [1.29, 1.82) is 0 Å². The molecule has 3 heterocycles. The second-order valence-corrected chi connectivity index (χ2v) is 6.13. The van der Waals surface area contributed by atoms with Gasteiger partial charge >= 0.3 is 0 Å². The topological polar surface area (TPSA) is 74.6 Å². The van der Waals surface area contributed by atoms with Gasteiger partial charge in [0.2, 0.25) is 0 Å². The number of quaternary nitrogens is 1. The van der Waals surface area contributed by atoms with Crippen molar-refractivity contribution in [2.75, 3.05) is 19.7 Å². The van der Waals surface area contributed by atoms with E-state index < -0.39 is 0 Å². The molecule has 0 amide bonds. The van der Waals surface area contributed by atoms with E-state index in [1.54, 1.807) is 12.1 Å². The summed E-state index contributed by atoms with van der Waals surface area (Å²) >= 11 is 0.